The molecule has 1 aliphatic heterocycles. The Morgan fingerprint density at radius 1 is 1.23 bits per heavy atom. The van der Waals surface area contributed by atoms with Gasteiger partial charge in [0.25, 0.3) is 5.78 Å². The first-order valence-electron chi connectivity index (χ1n) is 10.6. The summed E-state index contributed by atoms with van der Waals surface area (Å²) in [5.41, 5.74) is 4.42. The van der Waals surface area contributed by atoms with E-state index in [9.17, 15) is 9.59 Å². The van der Waals surface area contributed by atoms with E-state index in [2.05, 4.69) is 15.1 Å². The standard InChI is InChI=1S/C23H26ClN5O2/c1-14-11-18(24)6-7-19(14)22(31)17-5-4-10-28(12-17)21(30)9-8-20-15(2)27-23-25-13-26-29(23)16(20)3/h6-7,11,13,17H,4-5,8-10,12H2,1-3H3. The number of benzene rings is 1. The lowest BCUT2D eigenvalue weighted by atomic mass is 9.88. The number of hydrogen-bond acceptors (Lipinski definition) is 5. The molecule has 7 nitrogen and oxygen atoms in total. The minimum Gasteiger partial charge on any atom is -0.342 e. The molecule has 0 spiro atoms. The molecule has 31 heavy (non-hydrogen) atoms. The van der Waals surface area contributed by atoms with Gasteiger partial charge in [-0.05, 0) is 69.4 Å². The lowest BCUT2D eigenvalue weighted by Gasteiger charge is -2.32. The quantitative estimate of drug-likeness (QED) is 0.565. The van der Waals surface area contributed by atoms with Crippen molar-refractivity contribution in [2.45, 2.75) is 46.5 Å². The first-order chi connectivity index (χ1) is 14.8. The SMILES string of the molecule is Cc1cc(Cl)ccc1C(=O)C1CCCN(C(=O)CCc2c(C)nc3ncnn3c2C)C1. The molecular weight excluding hydrogens is 414 g/mol. The van der Waals surface area contributed by atoms with Crippen molar-refractivity contribution < 1.29 is 9.59 Å². The van der Waals surface area contributed by atoms with E-state index in [0.29, 0.717) is 42.3 Å². The number of aromatic nitrogens is 4. The molecule has 0 bridgehead atoms. The van der Waals surface area contributed by atoms with Gasteiger partial charge in [-0.3, -0.25) is 9.59 Å². The van der Waals surface area contributed by atoms with Gasteiger partial charge in [0.2, 0.25) is 5.91 Å². The monoisotopic (exact) mass is 439 g/mol. The Bertz CT molecular complexity index is 1160. The molecule has 2 aromatic heterocycles. The molecule has 1 amide bonds. The first-order valence-corrected chi connectivity index (χ1v) is 11.0. The van der Waals surface area contributed by atoms with E-state index in [1.165, 1.54) is 6.33 Å². The minimum atomic E-state index is -0.172. The molecule has 1 fully saturated rings. The summed E-state index contributed by atoms with van der Waals surface area (Å²) in [6, 6.07) is 5.35. The number of halogens is 1. The van der Waals surface area contributed by atoms with Crippen LogP contribution in [0.5, 0.6) is 0 Å². The van der Waals surface area contributed by atoms with E-state index in [0.717, 1.165) is 35.4 Å². The average Bonchev–Trinajstić information content (AvgIpc) is 3.21. The number of Topliss-reactive ketones (excluding diaryl/α,β-unsaturated/α-hetero) is 1. The van der Waals surface area contributed by atoms with Gasteiger partial charge in [0.1, 0.15) is 6.33 Å². The van der Waals surface area contributed by atoms with Gasteiger partial charge < -0.3 is 4.90 Å². The number of rotatable bonds is 5. The molecule has 0 aliphatic carbocycles. The summed E-state index contributed by atoms with van der Waals surface area (Å²) < 4.78 is 1.71. The van der Waals surface area contributed by atoms with Crippen LogP contribution < -0.4 is 0 Å². The maximum absolute atomic E-state index is 13.1. The zero-order valence-electron chi connectivity index (χ0n) is 18.1. The predicted molar refractivity (Wildman–Crippen MR) is 118 cm³/mol. The first kappa shape index (κ1) is 21.4. The zero-order chi connectivity index (χ0) is 22.1. The molecule has 8 heteroatoms. The second-order valence-corrected chi connectivity index (χ2v) is 8.67. The van der Waals surface area contributed by atoms with Crippen molar-refractivity contribution in [1.29, 1.82) is 0 Å². The summed E-state index contributed by atoms with van der Waals surface area (Å²) in [6.45, 7) is 6.97. The molecular formula is C23H26ClN5O2. The van der Waals surface area contributed by atoms with Gasteiger partial charge in [0.05, 0.1) is 0 Å². The molecule has 1 unspecified atom stereocenters. The number of ketones is 1. The zero-order valence-corrected chi connectivity index (χ0v) is 18.8. The Kier molecular flexibility index (Phi) is 6.05. The van der Waals surface area contributed by atoms with Crippen LogP contribution in [0.15, 0.2) is 24.5 Å². The molecule has 3 heterocycles. The van der Waals surface area contributed by atoms with Crippen LogP contribution in [-0.2, 0) is 11.2 Å². The predicted octanol–water partition coefficient (Wildman–Crippen LogP) is 3.76. The number of piperidine rings is 1. The van der Waals surface area contributed by atoms with Crippen LogP contribution in [0.1, 0.15) is 52.1 Å². The normalized spacial score (nSPS) is 16.6. The molecule has 0 saturated carbocycles. The van der Waals surface area contributed by atoms with Crippen molar-refractivity contribution in [1.82, 2.24) is 24.5 Å². The van der Waals surface area contributed by atoms with Gasteiger partial charge >= 0.3 is 0 Å². The number of hydrogen-bond donors (Lipinski definition) is 0. The highest BCUT2D eigenvalue weighted by Crippen LogP contribution is 2.25. The molecule has 1 saturated heterocycles. The highest BCUT2D eigenvalue weighted by molar-refractivity contribution is 6.30. The Morgan fingerprint density at radius 3 is 2.81 bits per heavy atom. The summed E-state index contributed by atoms with van der Waals surface area (Å²) in [7, 11) is 0. The lowest BCUT2D eigenvalue weighted by molar-refractivity contribution is -0.132. The fraction of sp³-hybridized carbons (Fsp3) is 0.435. The highest BCUT2D eigenvalue weighted by Gasteiger charge is 2.29. The van der Waals surface area contributed by atoms with Gasteiger partial charge in [-0.25, -0.2) is 9.50 Å². The third-order valence-electron chi connectivity index (χ3n) is 6.18. The van der Waals surface area contributed by atoms with E-state index < -0.39 is 0 Å². The van der Waals surface area contributed by atoms with Crippen LogP contribution in [0.2, 0.25) is 5.02 Å². The summed E-state index contributed by atoms with van der Waals surface area (Å²) >= 11 is 6.03. The Labute approximate surface area is 186 Å². The van der Waals surface area contributed by atoms with Crippen LogP contribution in [0, 0.1) is 26.7 Å². The van der Waals surface area contributed by atoms with Gasteiger partial charge in [0, 0.05) is 47.4 Å². The fourth-order valence-electron chi connectivity index (χ4n) is 4.45. The second kappa shape index (κ2) is 8.75. The third-order valence-corrected chi connectivity index (χ3v) is 6.41. The van der Waals surface area contributed by atoms with Crippen LogP contribution in [0.4, 0.5) is 0 Å². The van der Waals surface area contributed by atoms with Crippen molar-refractivity contribution in [3.63, 3.8) is 0 Å². The van der Waals surface area contributed by atoms with Gasteiger partial charge in [-0.1, -0.05) is 11.6 Å². The summed E-state index contributed by atoms with van der Waals surface area (Å²) in [4.78, 5) is 36.5. The number of nitrogens with zero attached hydrogens (tertiary/aromatic N) is 5. The highest BCUT2D eigenvalue weighted by atomic mass is 35.5. The Hall–Kier alpha value is -2.80. The summed E-state index contributed by atoms with van der Waals surface area (Å²) in [5.74, 6) is 0.566. The van der Waals surface area contributed by atoms with E-state index in [1.807, 2.05) is 31.7 Å². The van der Waals surface area contributed by atoms with E-state index in [4.69, 9.17) is 11.6 Å². The van der Waals surface area contributed by atoms with Crippen molar-refractivity contribution in [3.8, 4) is 0 Å². The Balaban J connectivity index is 1.43. The Morgan fingerprint density at radius 2 is 2.03 bits per heavy atom. The van der Waals surface area contributed by atoms with Crippen molar-refractivity contribution in [2.24, 2.45) is 5.92 Å². The second-order valence-electron chi connectivity index (χ2n) is 8.24. The van der Waals surface area contributed by atoms with Crippen molar-refractivity contribution in [3.05, 3.63) is 57.6 Å². The number of likely N-dealkylation sites (tertiary alicyclic amines) is 1. The van der Waals surface area contributed by atoms with Crippen LogP contribution in [-0.4, -0.2) is 49.3 Å². The minimum absolute atomic E-state index is 0.0721. The molecule has 1 aliphatic rings. The third kappa shape index (κ3) is 4.32. The molecule has 0 N–H and O–H groups in total. The molecule has 162 valence electrons. The van der Waals surface area contributed by atoms with Crippen LogP contribution in [0.3, 0.4) is 0 Å². The molecule has 1 aromatic carbocycles. The largest absolute Gasteiger partial charge is 0.342 e. The van der Waals surface area contributed by atoms with Crippen LogP contribution >= 0.6 is 11.6 Å². The molecule has 1 atom stereocenters. The van der Waals surface area contributed by atoms with Gasteiger partial charge in [-0.2, -0.15) is 10.1 Å². The van der Waals surface area contributed by atoms with Gasteiger partial charge in [0.15, 0.2) is 5.78 Å². The molecule has 3 aromatic rings. The van der Waals surface area contributed by atoms with E-state index in [-0.39, 0.29) is 17.6 Å². The van der Waals surface area contributed by atoms with Crippen molar-refractivity contribution >= 4 is 29.1 Å². The maximum atomic E-state index is 13.1. The maximum Gasteiger partial charge on any atom is 0.252 e. The molecule has 4 rings (SSSR count). The van der Waals surface area contributed by atoms with Crippen LogP contribution in [0.25, 0.3) is 5.78 Å². The van der Waals surface area contributed by atoms with Crippen molar-refractivity contribution in [2.75, 3.05) is 13.1 Å². The average molecular weight is 440 g/mol. The van der Waals surface area contributed by atoms with E-state index >= 15 is 0 Å². The number of carbonyl (C=O) groups is 2. The summed E-state index contributed by atoms with van der Waals surface area (Å²) in [5, 5.41) is 4.83. The van der Waals surface area contributed by atoms with E-state index in [1.54, 1.807) is 16.6 Å². The smallest absolute Gasteiger partial charge is 0.252 e. The number of fused-ring (bicyclic) bond motifs is 1. The van der Waals surface area contributed by atoms with Gasteiger partial charge in [-0.15, -0.1) is 0 Å². The number of aryl methyl sites for hydroxylation is 3. The molecule has 0 radical (unpaired) electrons. The lowest BCUT2D eigenvalue weighted by Crippen LogP contribution is -2.42. The topological polar surface area (TPSA) is 80.5 Å². The summed E-state index contributed by atoms with van der Waals surface area (Å²) in [6.07, 6.45) is 4.08. The number of carbonyl (C=O) groups excluding carboxylic acids is 2. The fourth-order valence-corrected chi connectivity index (χ4v) is 4.68. The number of amides is 1.